The second-order valence-corrected chi connectivity index (χ2v) is 8.70. The molecule has 3 heterocycles. The molecule has 1 saturated carbocycles. The van der Waals surface area contributed by atoms with Gasteiger partial charge >= 0.3 is 0 Å². The number of hydrogen-bond acceptors (Lipinski definition) is 4. The Bertz CT molecular complexity index is 1440. The third kappa shape index (κ3) is 3.19. The Labute approximate surface area is 176 Å². The lowest BCUT2D eigenvalue weighted by atomic mass is 10.2. The summed E-state index contributed by atoms with van der Waals surface area (Å²) in [7, 11) is 0. The van der Waals surface area contributed by atoms with Crippen molar-refractivity contribution in [1.29, 1.82) is 0 Å². The Morgan fingerprint density at radius 2 is 2.03 bits per heavy atom. The van der Waals surface area contributed by atoms with E-state index in [-0.39, 0.29) is 5.56 Å². The number of pyridine rings is 1. The molecule has 1 aliphatic rings. The largest absolute Gasteiger partial charge is 0.489 e. The summed E-state index contributed by atoms with van der Waals surface area (Å²) in [5, 5.41) is 3.30. The van der Waals surface area contributed by atoms with Crippen molar-refractivity contribution in [1.82, 2.24) is 14.5 Å². The van der Waals surface area contributed by atoms with Crippen LogP contribution in [0.4, 0.5) is 0 Å². The number of thiophene rings is 1. The average molecular weight is 414 g/mol. The van der Waals surface area contributed by atoms with Gasteiger partial charge in [0.05, 0.1) is 16.7 Å². The van der Waals surface area contributed by atoms with E-state index in [0.29, 0.717) is 18.3 Å². The van der Waals surface area contributed by atoms with Gasteiger partial charge in [0.25, 0.3) is 5.56 Å². The molecule has 2 aromatic carbocycles. The quantitative estimate of drug-likeness (QED) is 0.421. The van der Waals surface area contributed by atoms with Crippen LogP contribution >= 0.6 is 11.3 Å². The van der Waals surface area contributed by atoms with Crippen LogP contribution in [-0.4, -0.2) is 14.5 Å². The Hall–Kier alpha value is -3.38. The summed E-state index contributed by atoms with van der Waals surface area (Å²) in [6.07, 6.45) is 4.17. The minimum absolute atomic E-state index is 0.123. The number of H-pyrrole nitrogens is 1. The van der Waals surface area contributed by atoms with Gasteiger partial charge in [-0.2, -0.15) is 0 Å². The van der Waals surface area contributed by atoms with Gasteiger partial charge in [-0.3, -0.25) is 9.36 Å². The van der Waals surface area contributed by atoms with Crippen molar-refractivity contribution in [3.63, 3.8) is 0 Å². The van der Waals surface area contributed by atoms with Gasteiger partial charge in [0.15, 0.2) is 0 Å². The fourth-order valence-corrected chi connectivity index (χ4v) is 4.52. The number of ether oxygens (including phenoxy) is 1. The molecule has 5 nitrogen and oxygen atoms in total. The van der Waals surface area contributed by atoms with Crippen LogP contribution in [0.1, 0.15) is 30.1 Å². The average Bonchev–Trinajstić information content (AvgIpc) is 3.35. The van der Waals surface area contributed by atoms with E-state index >= 15 is 0 Å². The molecule has 30 heavy (non-hydrogen) atoms. The highest BCUT2D eigenvalue weighted by atomic mass is 32.1. The van der Waals surface area contributed by atoms with Crippen LogP contribution in [0.5, 0.6) is 5.75 Å². The second-order valence-electron chi connectivity index (χ2n) is 7.75. The van der Waals surface area contributed by atoms with Crippen LogP contribution in [-0.2, 0) is 6.61 Å². The first-order valence-corrected chi connectivity index (χ1v) is 10.9. The number of aromatic amines is 1. The zero-order valence-corrected chi connectivity index (χ0v) is 17.0. The van der Waals surface area contributed by atoms with E-state index in [4.69, 9.17) is 4.74 Å². The van der Waals surface area contributed by atoms with Crippen molar-refractivity contribution >= 4 is 32.5 Å². The van der Waals surface area contributed by atoms with Gasteiger partial charge in [-0.15, -0.1) is 11.3 Å². The normalized spacial score (nSPS) is 13.9. The summed E-state index contributed by atoms with van der Waals surface area (Å²) in [6.45, 7) is 0.430. The molecule has 148 valence electrons. The predicted molar refractivity (Wildman–Crippen MR) is 120 cm³/mol. The van der Waals surface area contributed by atoms with Crippen LogP contribution < -0.4 is 10.3 Å². The number of nitrogens with one attached hydrogen (secondary N) is 1. The van der Waals surface area contributed by atoms with Gasteiger partial charge in [-0.1, -0.05) is 6.07 Å². The number of nitrogens with zero attached hydrogens (tertiary/aromatic N) is 2. The maximum atomic E-state index is 12.7. The van der Waals surface area contributed by atoms with Crippen molar-refractivity contribution in [2.24, 2.45) is 0 Å². The zero-order valence-electron chi connectivity index (χ0n) is 16.2. The van der Waals surface area contributed by atoms with Crippen molar-refractivity contribution in [2.45, 2.75) is 25.4 Å². The van der Waals surface area contributed by atoms with Crippen LogP contribution in [0.15, 0.2) is 71.0 Å². The number of fused-ring (bicyclic) bond motifs is 2. The molecule has 0 saturated heterocycles. The molecule has 0 unspecified atom stereocenters. The van der Waals surface area contributed by atoms with Crippen molar-refractivity contribution in [3.8, 4) is 11.4 Å². The van der Waals surface area contributed by atoms with Crippen LogP contribution in [0.3, 0.4) is 0 Å². The number of rotatable bonds is 5. The van der Waals surface area contributed by atoms with E-state index in [9.17, 15) is 4.79 Å². The summed E-state index contributed by atoms with van der Waals surface area (Å²) >= 11 is 1.73. The van der Waals surface area contributed by atoms with Gasteiger partial charge in [0, 0.05) is 22.9 Å². The van der Waals surface area contributed by atoms with Crippen LogP contribution in [0.2, 0.25) is 0 Å². The Morgan fingerprint density at radius 1 is 1.10 bits per heavy atom. The summed E-state index contributed by atoms with van der Waals surface area (Å²) < 4.78 is 8.76. The van der Waals surface area contributed by atoms with E-state index in [1.165, 1.54) is 29.0 Å². The van der Waals surface area contributed by atoms with Gasteiger partial charge < -0.3 is 9.72 Å². The summed E-state index contributed by atoms with van der Waals surface area (Å²) in [5.74, 6) is 2.19. The highest BCUT2D eigenvalue weighted by Crippen LogP contribution is 2.39. The maximum Gasteiger partial charge on any atom is 0.258 e. The number of imidazole rings is 1. The lowest BCUT2D eigenvalue weighted by molar-refractivity contribution is 0.305. The SMILES string of the molecule is O=c1cc(OCc2ccc3sccc3c2)ccn1-c1ccc2nc(C3CC3)[nH]c2c1. The van der Waals surface area contributed by atoms with E-state index in [2.05, 4.69) is 39.6 Å². The van der Waals surface area contributed by atoms with Gasteiger partial charge in [0.2, 0.25) is 0 Å². The molecule has 0 spiro atoms. The highest BCUT2D eigenvalue weighted by molar-refractivity contribution is 7.17. The third-order valence-electron chi connectivity index (χ3n) is 5.54. The molecule has 0 bridgehead atoms. The minimum atomic E-state index is -0.123. The number of aromatic nitrogens is 3. The van der Waals surface area contributed by atoms with Crippen molar-refractivity contribution in [3.05, 3.63) is 87.9 Å². The molecule has 6 rings (SSSR count). The molecular weight excluding hydrogens is 394 g/mol. The molecule has 6 heteroatoms. The summed E-state index contributed by atoms with van der Waals surface area (Å²) in [5.41, 5.74) is 3.68. The fraction of sp³-hybridized carbons (Fsp3) is 0.167. The lowest BCUT2D eigenvalue weighted by Gasteiger charge is -2.09. The monoisotopic (exact) mass is 413 g/mol. The molecule has 5 aromatic rings. The van der Waals surface area contributed by atoms with Crippen LogP contribution in [0.25, 0.3) is 26.8 Å². The molecule has 0 amide bonds. The van der Waals surface area contributed by atoms with Gasteiger partial charge in [-0.05, 0) is 71.6 Å². The first-order chi connectivity index (χ1) is 14.7. The van der Waals surface area contributed by atoms with E-state index in [1.54, 1.807) is 22.1 Å². The molecule has 1 aliphatic carbocycles. The van der Waals surface area contributed by atoms with Gasteiger partial charge in [0.1, 0.15) is 18.2 Å². The van der Waals surface area contributed by atoms with Crippen molar-refractivity contribution in [2.75, 3.05) is 0 Å². The fourth-order valence-electron chi connectivity index (χ4n) is 3.75. The second kappa shape index (κ2) is 6.85. The van der Waals surface area contributed by atoms with E-state index in [1.807, 2.05) is 24.3 Å². The summed E-state index contributed by atoms with van der Waals surface area (Å²) in [4.78, 5) is 20.8. The van der Waals surface area contributed by atoms with Gasteiger partial charge in [-0.25, -0.2) is 4.98 Å². The molecule has 0 radical (unpaired) electrons. The van der Waals surface area contributed by atoms with E-state index in [0.717, 1.165) is 28.1 Å². The lowest BCUT2D eigenvalue weighted by Crippen LogP contribution is -2.16. The first-order valence-electron chi connectivity index (χ1n) is 10.0. The smallest absolute Gasteiger partial charge is 0.258 e. The first kappa shape index (κ1) is 17.5. The Morgan fingerprint density at radius 3 is 2.90 bits per heavy atom. The van der Waals surface area contributed by atoms with E-state index < -0.39 is 0 Å². The highest BCUT2D eigenvalue weighted by Gasteiger charge is 2.26. The molecule has 0 aliphatic heterocycles. The maximum absolute atomic E-state index is 12.7. The number of benzene rings is 2. The zero-order chi connectivity index (χ0) is 20.1. The standard InChI is InChI=1S/C24H19N3O2S/c28-23-13-19(29-14-15-1-6-22-17(11-15)8-10-30-22)7-9-27(23)18-4-5-20-21(12-18)26-24(25-20)16-2-3-16/h1,4-13,16H,2-3,14H2,(H,25,26). The molecule has 1 fully saturated rings. The summed E-state index contributed by atoms with van der Waals surface area (Å²) in [6, 6.07) is 17.6. The molecule has 3 aromatic heterocycles. The molecular formula is C24H19N3O2S. The predicted octanol–water partition coefficient (Wildman–Crippen LogP) is 5.38. The Kier molecular flexibility index (Phi) is 3.99. The van der Waals surface area contributed by atoms with Crippen LogP contribution in [0, 0.1) is 0 Å². The topological polar surface area (TPSA) is 59.9 Å². The minimum Gasteiger partial charge on any atom is -0.489 e. The molecule has 1 N–H and O–H groups in total. The van der Waals surface area contributed by atoms with Crippen molar-refractivity contribution < 1.29 is 4.74 Å². The number of hydrogen-bond donors (Lipinski definition) is 1. The Balaban J connectivity index is 1.23. The molecule has 0 atom stereocenters. The third-order valence-corrected chi connectivity index (χ3v) is 6.44.